The highest BCUT2D eigenvalue weighted by Gasteiger charge is 2.14. The van der Waals surface area contributed by atoms with Crippen LogP contribution in [0, 0.1) is 0 Å². The molecule has 0 aromatic heterocycles. The predicted octanol–water partition coefficient (Wildman–Crippen LogP) is 1.50. The van der Waals surface area contributed by atoms with E-state index in [2.05, 4.69) is 18.7 Å². The number of aliphatic hydroxyl groups is 1. The van der Waals surface area contributed by atoms with Gasteiger partial charge in [-0.1, -0.05) is 13.8 Å². The van der Waals surface area contributed by atoms with Crippen LogP contribution in [0.25, 0.3) is 0 Å². The maximum Gasteiger partial charge on any atom is 0.0664 e. The van der Waals surface area contributed by atoms with Gasteiger partial charge in [-0.25, -0.2) is 0 Å². The molecule has 3 nitrogen and oxygen atoms in total. The van der Waals surface area contributed by atoms with Crippen LogP contribution >= 0.6 is 0 Å². The first kappa shape index (κ1) is 13.9. The van der Waals surface area contributed by atoms with Crippen molar-refractivity contribution in [3.8, 4) is 0 Å². The lowest BCUT2D eigenvalue weighted by molar-refractivity contribution is 0.0654. The van der Waals surface area contributed by atoms with Gasteiger partial charge in [-0.3, -0.25) is 4.90 Å². The number of aliphatic hydroxyl groups excluding tert-OH is 1. The minimum atomic E-state index is -0.208. The van der Waals surface area contributed by atoms with Crippen LogP contribution < -0.4 is 0 Å². The van der Waals surface area contributed by atoms with Crippen molar-refractivity contribution >= 4 is 0 Å². The van der Waals surface area contributed by atoms with Gasteiger partial charge < -0.3 is 9.84 Å². The van der Waals surface area contributed by atoms with Crippen LogP contribution in [-0.4, -0.2) is 49.0 Å². The molecule has 0 saturated heterocycles. The lowest BCUT2D eigenvalue weighted by Gasteiger charge is -2.29. The number of nitrogens with zero attached hydrogens (tertiary/aromatic N) is 1. The van der Waals surface area contributed by atoms with E-state index in [1.807, 2.05) is 6.92 Å². The Bertz CT molecular complexity index is 130. The molecule has 1 N–H and O–H groups in total. The molecule has 0 bridgehead atoms. The molecule has 0 saturated carbocycles. The Balaban J connectivity index is 3.96. The van der Waals surface area contributed by atoms with E-state index >= 15 is 0 Å². The molecule has 86 valence electrons. The maximum atomic E-state index is 9.59. The first-order valence-electron chi connectivity index (χ1n) is 5.56. The molecule has 0 radical (unpaired) electrons. The summed E-state index contributed by atoms with van der Waals surface area (Å²) >= 11 is 0. The maximum absolute atomic E-state index is 9.59. The Kier molecular flexibility index (Phi) is 8.14. The van der Waals surface area contributed by atoms with Crippen molar-refractivity contribution in [3.05, 3.63) is 0 Å². The van der Waals surface area contributed by atoms with Crippen molar-refractivity contribution in [3.63, 3.8) is 0 Å². The Hall–Kier alpha value is -0.120. The quantitative estimate of drug-likeness (QED) is 0.649. The molecule has 0 rings (SSSR count). The summed E-state index contributed by atoms with van der Waals surface area (Å²) in [6.45, 7) is 8.77. The van der Waals surface area contributed by atoms with Crippen LogP contribution in [0.5, 0.6) is 0 Å². The van der Waals surface area contributed by atoms with Gasteiger partial charge in [0.05, 0.1) is 12.7 Å². The van der Waals surface area contributed by atoms with Crippen molar-refractivity contribution in [2.45, 2.75) is 45.8 Å². The molecule has 14 heavy (non-hydrogen) atoms. The van der Waals surface area contributed by atoms with Gasteiger partial charge in [0.1, 0.15) is 0 Å². The van der Waals surface area contributed by atoms with Gasteiger partial charge in [0.15, 0.2) is 0 Å². The van der Waals surface area contributed by atoms with Crippen molar-refractivity contribution in [2.24, 2.45) is 0 Å². The standard InChI is InChI=1S/C11H25NO2/c1-5-10(3)12(7-8-14-4)9-11(13)6-2/h10-11,13H,5-9H2,1-4H3. The third kappa shape index (κ3) is 5.58. The van der Waals surface area contributed by atoms with Crippen molar-refractivity contribution in [1.82, 2.24) is 4.90 Å². The van der Waals surface area contributed by atoms with E-state index in [-0.39, 0.29) is 6.10 Å². The highest BCUT2D eigenvalue weighted by Crippen LogP contribution is 2.05. The van der Waals surface area contributed by atoms with Gasteiger partial charge >= 0.3 is 0 Å². The van der Waals surface area contributed by atoms with Crippen molar-refractivity contribution in [2.75, 3.05) is 26.8 Å². The number of hydrogen-bond donors (Lipinski definition) is 1. The molecule has 0 aromatic carbocycles. The highest BCUT2D eigenvalue weighted by atomic mass is 16.5. The zero-order valence-corrected chi connectivity index (χ0v) is 9.99. The van der Waals surface area contributed by atoms with E-state index < -0.39 is 0 Å². The van der Waals surface area contributed by atoms with Crippen LogP contribution in [0.1, 0.15) is 33.6 Å². The molecule has 2 atom stereocenters. The smallest absolute Gasteiger partial charge is 0.0664 e. The van der Waals surface area contributed by atoms with Gasteiger partial charge in [0.25, 0.3) is 0 Å². The van der Waals surface area contributed by atoms with E-state index in [0.29, 0.717) is 6.04 Å². The molecule has 2 unspecified atom stereocenters. The Morgan fingerprint density at radius 3 is 2.36 bits per heavy atom. The van der Waals surface area contributed by atoms with Crippen LogP contribution in [-0.2, 0) is 4.74 Å². The molecule has 0 heterocycles. The normalized spacial score (nSPS) is 15.9. The first-order valence-corrected chi connectivity index (χ1v) is 5.56. The third-order valence-corrected chi connectivity index (χ3v) is 2.71. The van der Waals surface area contributed by atoms with Crippen LogP contribution in [0.4, 0.5) is 0 Å². The summed E-state index contributed by atoms with van der Waals surface area (Å²) in [5.41, 5.74) is 0. The lowest BCUT2D eigenvalue weighted by Crippen LogP contribution is -2.40. The van der Waals surface area contributed by atoms with Gasteiger partial charge in [0.2, 0.25) is 0 Å². The Labute approximate surface area is 88.1 Å². The van der Waals surface area contributed by atoms with Crippen molar-refractivity contribution < 1.29 is 9.84 Å². The van der Waals surface area contributed by atoms with Crippen molar-refractivity contribution in [1.29, 1.82) is 0 Å². The number of rotatable bonds is 8. The van der Waals surface area contributed by atoms with E-state index in [1.54, 1.807) is 7.11 Å². The van der Waals surface area contributed by atoms with E-state index in [1.165, 1.54) is 0 Å². The minimum absolute atomic E-state index is 0.208. The molecule has 0 aliphatic carbocycles. The van der Waals surface area contributed by atoms with Gasteiger partial charge in [0, 0.05) is 26.2 Å². The first-order chi connectivity index (χ1) is 6.65. The number of ether oxygens (including phenoxy) is 1. The highest BCUT2D eigenvalue weighted by molar-refractivity contribution is 4.69. The predicted molar refractivity (Wildman–Crippen MR) is 59.5 cm³/mol. The summed E-state index contributed by atoms with van der Waals surface area (Å²) in [7, 11) is 1.71. The number of hydrogen-bond acceptors (Lipinski definition) is 3. The lowest BCUT2D eigenvalue weighted by atomic mass is 10.2. The summed E-state index contributed by atoms with van der Waals surface area (Å²) in [4.78, 5) is 2.29. The van der Waals surface area contributed by atoms with Gasteiger partial charge in [-0.15, -0.1) is 0 Å². The van der Waals surface area contributed by atoms with Crippen LogP contribution in [0.15, 0.2) is 0 Å². The zero-order valence-electron chi connectivity index (χ0n) is 9.99. The number of methoxy groups -OCH3 is 1. The summed E-state index contributed by atoms with van der Waals surface area (Å²) in [6.07, 6.45) is 1.72. The molecule has 0 aliphatic heterocycles. The molecular formula is C11H25NO2. The summed E-state index contributed by atoms with van der Waals surface area (Å²) in [5, 5.41) is 9.59. The summed E-state index contributed by atoms with van der Waals surface area (Å²) < 4.78 is 5.06. The monoisotopic (exact) mass is 203 g/mol. The average Bonchev–Trinajstić information content (AvgIpc) is 2.22. The average molecular weight is 203 g/mol. The second-order valence-corrected chi connectivity index (χ2v) is 3.81. The topological polar surface area (TPSA) is 32.7 Å². The Morgan fingerprint density at radius 1 is 1.29 bits per heavy atom. The van der Waals surface area contributed by atoms with Crippen LogP contribution in [0.3, 0.4) is 0 Å². The SMILES string of the molecule is CCC(O)CN(CCOC)C(C)CC. The Morgan fingerprint density at radius 2 is 1.93 bits per heavy atom. The fourth-order valence-corrected chi connectivity index (χ4v) is 1.36. The van der Waals surface area contributed by atoms with E-state index in [9.17, 15) is 5.11 Å². The molecule has 3 heteroatoms. The van der Waals surface area contributed by atoms with E-state index in [0.717, 1.165) is 32.5 Å². The molecule has 0 aliphatic rings. The molecular weight excluding hydrogens is 178 g/mol. The molecule has 0 amide bonds. The second kappa shape index (κ2) is 8.21. The largest absolute Gasteiger partial charge is 0.392 e. The van der Waals surface area contributed by atoms with Gasteiger partial charge in [-0.2, -0.15) is 0 Å². The summed E-state index contributed by atoms with van der Waals surface area (Å²) in [6, 6.07) is 0.520. The molecule has 0 fully saturated rings. The van der Waals surface area contributed by atoms with E-state index in [4.69, 9.17) is 4.74 Å². The molecule has 0 aromatic rings. The fourth-order valence-electron chi connectivity index (χ4n) is 1.36. The van der Waals surface area contributed by atoms with Crippen LogP contribution in [0.2, 0.25) is 0 Å². The minimum Gasteiger partial charge on any atom is -0.392 e. The van der Waals surface area contributed by atoms with Gasteiger partial charge in [-0.05, 0) is 19.8 Å². The third-order valence-electron chi connectivity index (χ3n) is 2.71. The summed E-state index contributed by atoms with van der Waals surface area (Å²) in [5.74, 6) is 0. The fraction of sp³-hybridized carbons (Fsp3) is 1.00. The zero-order chi connectivity index (χ0) is 11.0. The second-order valence-electron chi connectivity index (χ2n) is 3.81. The molecule has 0 spiro atoms.